The minimum atomic E-state index is -0.775. The zero-order valence-corrected chi connectivity index (χ0v) is 9.24. The van der Waals surface area contributed by atoms with Crippen molar-refractivity contribution in [2.45, 2.75) is 26.0 Å². The predicted octanol–water partition coefficient (Wildman–Crippen LogP) is 1.10. The summed E-state index contributed by atoms with van der Waals surface area (Å²) in [6.07, 6.45) is -0.775. The minimum absolute atomic E-state index is 0.378. The average molecular weight is 226 g/mol. The number of benzene rings is 1. The van der Waals surface area contributed by atoms with E-state index < -0.39 is 17.8 Å². The number of hydrogen-bond donors (Lipinski definition) is 2. The van der Waals surface area contributed by atoms with Crippen LogP contribution in [0.25, 0.3) is 0 Å². The van der Waals surface area contributed by atoms with Gasteiger partial charge in [-0.2, -0.15) is 0 Å². The van der Waals surface area contributed by atoms with Gasteiger partial charge in [-0.25, -0.2) is 4.39 Å². The highest BCUT2D eigenvalue weighted by atomic mass is 19.1. The maximum Gasteiger partial charge on any atom is 0.258 e. The summed E-state index contributed by atoms with van der Waals surface area (Å²) in [4.78, 5) is 10.8. The third kappa shape index (κ3) is 2.93. The van der Waals surface area contributed by atoms with Gasteiger partial charge in [0.2, 0.25) is 0 Å². The second-order valence-corrected chi connectivity index (χ2v) is 3.63. The van der Waals surface area contributed by atoms with E-state index in [-0.39, 0.29) is 6.04 Å². The lowest BCUT2D eigenvalue weighted by Crippen LogP contribution is -2.31. The van der Waals surface area contributed by atoms with E-state index in [0.717, 1.165) is 0 Å². The van der Waals surface area contributed by atoms with Gasteiger partial charge < -0.3 is 16.2 Å². The maximum absolute atomic E-state index is 13.0. The summed E-state index contributed by atoms with van der Waals surface area (Å²) in [5.74, 6) is -0.603. The quantitative estimate of drug-likeness (QED) is 0.806. The molecule has 16 heavy (non-hydrogen) atoms. The molecule has 0 radical (unpaired) electrons. The van der Waals surface area contributed by atoms with Crippen molar-refractivity contribution in [3.8, 4) is 5.75 Å². The highest BCUT2D eigenvalue weighted by molar-refractivity contribution is 5.78. The molecule has 0 saturated carbocycles. The van der Waals surface area contributed by atoms with Crippen LogP contribution in [0.3, 0.4) is 0 Å². The monoisotopic (exact) mass is 226 g/mol. The molecule has 88 valence electrons. The minimum Gasteiger partial charge on any atom is -0.481 e. The van der Waals surface area contributed by atoms with Crippen molar-refractivity contribution in [1.82, 2.24) is 0 Å². The van der Waals surface area contributed by atoms with E-state index in [0.29, 0.717) is 11.3 Å². The van der Waals surface area contributed by atoms with Gasteiger partial charge in [0.15, 0.2) is 6.10 Å². The van der Waals surface area contributed by atoms with Gasteiger partial charge in [0.1, 0.15) is 11.6 Å². The Bertz CT molecular complexity index is 394. The summed E-state index contributed by atoms with van der Waals surface area (Å²) in [6.45, 7) is 3.23. The Hall–Kier alpha value is -1.62. The van der Waals surface area contributed by atoms with Gasteiger partial charge in [0.05, 0.1) is 0 Å². The lowest BCUT2D eigenvalue weighted by molar-refractivity contribution is -0.124. The van der Waals surface area contributed by atoms with Crippen LogP contribution in [0, 0.1) is 5.82 Å². The molecule has 2 unspecified atom stereocenters. The number of carbonyl (C=O) groups excluding carboxylic acids is 1. The summed E-state index contributed by atoms with van der Waals surface area (Å²) in [5.41, 5.74) is 11.3. The van der Waals surface area contributed by atoms with Gasteiger partial charge >= 0.3 is 0 Å². The molecule has 0 bridgehead atoms. The van der Waals surface area contributed by atoms with E-state index in [1.54, 1.807) is 6.92 Å². The van der Waals surface area contributed by atoms with Crippen LogP contribution < -0.4 is 16.2 Å². The third-order valence-electron chi connectivity index (χ3n) is 2.17. The van der Waals surface area contributed by atoms with E-state index in [9.17, 15) is 9.18 Å². The first-order valence-corrected chi connectivity index (χ1v) is 4.93. The molecule has 4 nitrogen and oxygen atoms in total. The number of hydrogen-bond acceptors (Lipinski definition) is 3. The summed E-state index contributed by atoms with van der Waals surface area (Å²) in [6, 6.07) is 3.58. The van der Waals surface area contributed by atoms with Crippen LogP contribution in [0.4, 0.5) is 4.39 Å². The Morgan fingerprint density at radius 3 is 2.56 bits per heavy atom. The molecule has 0 aliphatic carbocycles. The molecule has 0 saturated heterocycles. The topological polar surface area (TPSA) is 78.3 Å². The zero-order chi connectivity index (χ0) is 12.3. The number of rotatable bonds is 4. The Morgan fingerprint density at radius 2 is 2.06 bits per heavy atom. The van der Waals surface area contributed by atoms with Crippen LogP contribution in [0.1, 0.15) is 25.5 Å². The van der Waals surface area contributed by atoms with Crippen LogP contribution in [-0.4, -0.2) is 12.0 Å². The highest BCUT2D eigenvalue weighted by Crippen LogP contribution is 2.25. The second kappa shape index (κ2) is 4.94. The molecule has 0 aliphatic rings. The van der Waals surface area contributed by atoms with Crippen molar-refractivity contribution in [3.05, 3.63) is 29.6 Å². The fourth-order valence-electron chi connectivity index (χ4n) is 1.23. The maximum atomic E-state index is 13.0. The van der Waals surface area contributed by atoms with Crippen molar-refractivity contribution >= 4 is 5.91 Å². The lowest BCUT2D eigenvalue weighted by atomic mass is 10.1. The highest BCUT2D eigenvalue weighted by Gasteiger charge is 2.15. The standard InChI is InChI=1S/C11H15FN2O2/c1-6(13)9-5-8(12)3-4-10(9)16-7(2)11(14)15/h3-7H,13H2,1-2H3,(H2,14,15). The predicted molar refractivity (Wildman–Crippen MR) is 58.3 cm³/mol. The number of amides is 1. The second-order valence-electron chi connectivity index (χ2n) is 3.63. The van der Waals surface area contributed by atoms with Gasteiger partial charge in [-0.1, -0.05) is 0 Å². The molecule has 0 heterocycles. The fourth-order valence-corrected chi connectivity index (χ4v) is 1.23. The number of carbonyl (C=O) groups is 1. The van der Waals surface area contributed by atoms with Crippen LogP contribution in [0.15, 0.2) is 18.2 Å². The fraction of sp³-hybridized carbons (Fsp3) is 0.364. The Morgan fingerprint density at radius 1 is 1.44 bits per heavy atom. The summed E-state index contributed by atoms with van der Waals surface area (Å²) in [7, 11) is 0. The number of primary amides is 1. The molecular formula is C11H15FN2O2. The first-order valence-electron chi connectivity index (χ1n) is 4.93. The van der Waals surface area contributed by atoms with Gasteiger partial charge in [0, 0.05) is 11.6 Å². The van der Waals surface area contributed by atoms with Gasteiger partial charge in [-0.3, -0.25) is 4.79 Å². The molecule has 1 rings (SSSR count). The van der Waals surface area contributed by atoms with Crippen molar-refractivity contribution < 1.29 is 13.9 Å². The van der Waals surface area contributed by atoms with Crippen LogP contribution in [0.2, 0.25) is 0 Å². The normalized spacial score (nSPS) is 14.2. The van der Waals surface area contributed by atoms with E-state index in [2.05, 4.69) is 0 Å². The molecule has 1 amide bonds. The van der Waals surface area contributed by atoms with E-state index in [4.69, 9.17) is 16.2 Å². The molecule has 0 fully saturated rings. The number of ether oxygens (including phenoxy) is 1. The molecule has 5 heteroatoms. The third-order valence-corrected chi connectivity index (χ3v) is 2.17. The average Bonchev–Trinajstić information content (AvgIpc) is 2.20. The van der Waals surface area contributed by atoms with Gasteiger partial charge in [-0.05, 0) is 32.0 Å². The Labute approximate surface area is 93.4 Å². The first kappa shape index (κ1) is 12.4. The van der Waals surface area contributed by atoms with E-state index in [1.165, 1.54) is 25.1 Å². The van der Waals surface area contributed by atoms with Crippen molar-refractivity contribution in [1.29, 1.82) is 0 Å². The van der Waals surface area contributed by atoms with Crippen LogP contribution in [-0.2, 0) is 4.79 Å². The smallest absolute Gasteiger partial charge is 0.258 e. The molecule has 1 aromatic rings. The van der Waals surface area contributed by atoms with Crippen molar-refractivity contribution in [3.63, 3.8) is 0 Å². The van der Waals surface area contributed by atoms with Crippen molar-refractivity contribution in [2.24, 2.45) is 11.5 Å². The zero-order valence-electron chi connectivity index (χ0n) is 9.24. The summed E-state index contributed by atoms with van der Waals surface area (Å²) < 4.78 is 18.3. The molecular weight excluding hydrogens is 211 g/mol. The molecule has 0 spiro atoms. The number of halogens is 1. The molecule has 1 aromatic carbocycles. The van der Waals surface area contributed by atoms with Gasteiger partial charge in [0.25, 0.3) is 5.91 Å². The molecule has 0 aromatic heterocycles. The first-order chi connectivity index (χ1) is 7.41. The summed E-state index contributed by atoms with van der Waals surface area (Å²) in [5, 5.41) is 0. The largest absolute Gasteiger partial charge is 0.481 e. The van der Waals surface area contributed by atoms with Gasteiger partial charge in [-0.15, -0.1) is 0 Å². The van der Waals surface area contributed by atoms with Crippen LogP contribution in [0.5, 0.6) is 5.75 Å². The van der Waals surface area contributed by atoms with E-state index in [1.807, 2.05) is 0 Å². The number of nitrogens with two attached hydrogens (primary N) is 2. The van der Waals surface area contributed by atoms with Crippen molar-refractivity contribution in [2.75, 3.05) is 0 Å². The molecule has 2 atom stereocenters. The Kier molecular flexibility index (Phi) is 3.84. The summed E-state index contributed by atoms with van der Waals surface area (Å²) >= 11 is 0. The molecule has 4 N–H and O–H groups in total. The Balaban J connectivity index is 2.99. The lowest BCUT2D eigenvalue weighted by Gasteiger charge is -2.16. The van der Waals surface area contributed by atoms with E-state index >= 15 is 0 Å². The molecule has 0 aliphatic heterocycles. The SMILES string of the molecule is CC(Oc1ccc(F)cc1C(C)N)C(N)=O. The van der Waals surface area contributed by atoms with Crippen LogP contribution >= 0.6 is 0 Å².